The maximum atomic E-state index is 12.2. The van der Waals surface area contributed by atoms with Gasteiger partial charge in [0.1, 0.15) is 11.6 Å². The Morgan fingerprint density at radius 1 is 1.13 bits per heavy atom. The lowest BCUT2D eigenvalue weighted by Gasteiger charge is -2.17. The van der Waals surface area contributed by atoms with Crippen molar-refractivity contribution in [2.24, 2.45) is 0 Å². The van der Waals surface area contributed by atoms with E-state index in [0.717, 1.165) is 5.82 Å². The first-order valence-corrected chi connectivity index (χ1v) is 8.68. The smallest absolute Gasteiger partial charge is 0.242 e. The predicted molar refractivity (Wildman–Crippen MR) is 91.3 cm³/mol. The first-order valence-electron chi connectivity index (χ1n) is 7.24. The third-order valence-electron chi connectivity index (χ3n) is 3.21. The fraction of sp³-hybridized carbons (Fsp3) is 0.375. The van der Waals surface area contributed by atoms with Crippen LogP contribution < -0.4 is 5.32 Å². The standard InChI is InChI=1S/C16H22N4O2S/c1-16(2,3)15-17-10-9-14(19-15)18-12-7-6-8-13(11-12)23(21,22)20(4)5/h6-11H,1-5H3,(H,17,18,19). The molecule has 0 spiro atoms. The summed E-state index contributed by atoms with van der Waals surface area (Å²) in [5, 5.41) is 3.13. The van der Waals surface area contributed by atoms with E-state index in [1.165, 1.54) is 18.4 Å². The molecule has 7 heteroatoms. The third-order valence-corrected chi connectivity index (χ3v) is 5.02. The molecule has 1 heterocycles. The van der Waals surface area contributed by atoms with Gasteiger partial charge >= 0.3 is 0 Å². The highest BCUT2D eigenvalue weighted by Crippen LogP contribution is 2.23. The number of nitrogens with one attached hydrogen (secondary N) is 1. The van der Waals surface area contributed by atoms with E-state index in [1.807, 2.05) is 20.8 Å². The molecule has 0 saturated carbocycles. The molecule has 1 N–H and O–H groups in total. The van der Waals surface area contributed by atoms with Gasteiger partial charge in [-0.2, -0.15) is 0 Å². The molecule has 0 fully saturated rings. The van der Waals surface area contributed by atoms with E-state index in [9.17, 15) is 8.42 Å². The van der Waals surface area contributed by atoms with Gasteiger partial charge in [0, 0.05) is 31.4 Å². The second-order valence-electron chi connectivity index (χ2n) is 6.46. The Kier molecular flexibility index (Phi) is 4.72. The number of rotatable bonds is 4. The number of aromatic nitrogens is 2. The van der Waals surface area contributed by atoms with Crippen LogP contribution in [0.4, 0.5) is 11.5 Å². The molecule has 0 unspecified atom stereocenters. The number of sulfonamides is 1. The molecule has 2 rings (SSSR count). The number of hydrogen-bond acceptors (Lipinski definition) is 5. The predicted octanol–water partition coefficient (Wildman–Crippen LogP) is 2.77. The van der Waals surface area contributed by atoms with Crippen LogP contribution in [0.3, 0.4) is 0 Å². The summed E-state index contributed by atoms with van der Waals surface area (Å²) in [6, 6.07) is 8.41. The maximum absolute atomic E-state index is 12.2. The van der Waals surface area contributed by atoms with Gasteiger partial charge in [0.05, 0.1) is 4.90 Å². The molecule has 124 valence electrons. The van der Waals surface area contributed by atoms with Crippen LogP contribution >= 0.6 is 0 Å². The van der Waals surface area contributed by atoms with E-state index < -0.39 is 10.0 Å². The van der Waals surface area contributed by atoms with Crippen LogP contribution in [0.1, 0.15) is 26.6 Å². The van der Waals surface area contributed by atoms with Gasteiger partial charge in [-0.25, -0.2) is 22.7 Å². The Balaban J connectivity index is 2.32. The summed E-state index contributed by atoms with van der Waals surface area (Å²) in [5.41, 5.74) is 0.500. The quantitative estimate of drug-likeness (QED) is 0.930. The molecule has 1 aromatic carbocycles. The van der Waals surface area contributed by atoms with E-state index in [2.05, 4.69) is 15.3 Å². The third kappa shape index (κ3) is 4.05. The van der Waals surface area contributed by atoms with Gasteiger partial charge in [-0.15, -0.1) is 0 Å². The Labute approximate surface area is 137 Å². The first-order chi connectivity index (χ1) is 10.6. The van der Waals surface area contributed by atoms with Crippen molar-refractivity contribution >= 4 is 21.5 Å². The maximum Gasteiger partial charge on any atom is 0.242 e. The molecule has 0 saturated heterocycles. The molecule has 23 heavy (non-hydrogen) atoms. The monoisotopic (exact) mass is 334 g/mol. The molecular formula is C16H22N4O2S. The van der Waals surface area contributed by atoms with Crippen molar-refractivity contribution in [3.63, 3.8) is 0 Å². The van der Waals surface area contributed by atoms with Gasteiger partial charge in [0.2, 0.25) is 10.0 Å². The summed E-state index contributed by atoms with van der Waals surface area (Å²) >= 11 is 0. The molecule has 6 nitrogen and oxygen atoms in total. The van der Waals surface area contributed by atoms with E-state index >= 15 is 0 Å². The van der Waals surface area contributed by atoms with E-state index in [-0.39, 0.29) is 10.3 Å². The lowest BCUT2D eigenvalue weighted by molar-refractivity contribution is 0.521. The Morgan fingerprint density at radius 3 is 2.43 bits per heavy atom. The van der Waals surface area contributed by atoms with Crippen molar-refractivity contribution in [1.82, 2.24) is 14.3 Å². The highest BCUT2D eigenvalue weighted by atomic mass is 32.2. The number of hydrogen-bond donors (Lipinski definition) is 1. The SMILES string of the molecule is CN(C)S(=O)(=O)c1cccc(Nc2ccnc(C(C)(C)C)n2)c1. The minimum atomic E-state index is -3.46. The van der Waals surface area contributed by atoms with Crippen molar-refractivity contribution in [1.29, 1.82) is 0 Å². The highest BCUT2D eigenvalue weighted by Gasteiger charge is 2.19. The number of anilines is 2. The van der Waals surface area contributed by atoms with Gasteiger partial charge in [-0.05, 0) is 24.3 Å². The summed E-state index contributed by atoms with van der Waals surface area (Å²) in [6.07, 6.45) is 1.69. The zero-order valence-corrected chi connectivity index (χ0v) is 14.8. The average molecular weight is 334 g/mol. The van der Waals surface area contributed by atoms with Crippen LogP contribution in [0.2, 0.25) is 0 Å². The van der Waals surface area contributed by atoms with Crippen molar-refractivity contribution in [3.05, 3.63) is 42.4 Å². The van der Waals surface area contributed by atoms with E-state index in [0.29, 0.717) is 11.5 Å². The van der Waals surface area contributed by atoms with Crippen LogP contribution in [0.5, 0.6) is 0 Å². The van der Waals surface area contributed by atoms with Crippen LogP contribution in [0, 0.1) is 0 Å². The second kappa shape index (κ2) is 6.25. The Bertz CT molecular complexity index is 796. The highest BCUT2D eigenvalue weighted by molar-refractivity contribution is 7.89. The summed E-state index contributed by atoms with van der Waals surface area (Å²) in [4.78, 5) is 9.00. The van der Waals surface area contributed by atoms with Crippen molar-refractivity contribution in [3.8, 4) is 0 Å². The van der Waals surface area contributed by atoms with Crippen molar-refractivity contribution in [2.45, 2.75) is 31.1 Å². The Hall–Kier alpha value is -1.99. The molecule has 0 atom stereocenters. The molecule has 2 aromatic rings. The zero-order chi connectivity index (χ0) is 17.3. The summed E-state index contributed by atoms with van der Waals surface area (Å²) in [7, 11) is -0.444. The molecular weight excluding hydrogens is 312 g/mol. The van der Waals surface area contributed by atoms with E-state index in [4.69, 9.17) is 0 Å². The molecule has 0 aliphatic rings. The topological polar surface area (TPSA) is 75.2 Å². The molecule has 0 aliphatic carbocycles. The Morgan fingerprint density at radius 2 is 1.83 bits per heavy atom. The minimum absolute atomic E-state index is 0.159. The fourth-order valence-electron chi connectivity index (χ4n) is 1.88. The summed E-state index contributed by atoms with van der Waals surface area (Å²) in [5.74, 6) is 1.35. The largest absolute Gasteiger partial charge is 0.340 e. The number of nitrogens with zero attached hydrogens (tertiary/aromatic N) is 3. The molecule has 0 aliphatic heterocycles. The number of benzene rings is 1. The van der Waals surface area contributed by atoms with Gasteiger partial charge in [0.15, 0.2) is 0 Å². The van der Waals surface area contributed by atoms with Crippen LogP contribution in [0.15, 0.2) is 41.4 Å². The normalized spacial score (nSPS) is 12.4. The van der Waals surface area contributed by atoms with Crippen molar-refractivity contribution in [2.75, 3.05) is 19.4 Å². The van der Waals surface area contributed by atoms with E-state index in [1.54, 1.807) is 36.5 Å². The average Bonchev–Trinajstić information content (AvgIpc) is 2.47. The lowest BCUT2D eigenvalue weighted by atomic mass is 9.96. The molecule has 0 bridgehead atoms. The van der Waals surface area contributed by atoms with Crippen LogP contribution in [-0.2, 0) is 15.4 Å². The van der Waals surface area contributed by atoms with Gasteiger partial charge in [-0.3, -0.25) is 0 Å². The zero-order valence-electron chi connectivity index (χ0n) is 14.0. The molecule has 0 radical (unpaired) electrons. The minimum Gasteiger partial charge on any atom is -0.340 e. The van der Waals surface area contributed by atoms with Gasteiger partial charge in [0.25, 0.3) is 0 Å². The fourth-order valence-corrected chi connectivity index (χ4v) is 2.83. The molecule has 0 amide bonds. The van der Waals surface area contributed by atoms with Gasteiger partial charge in [-0.1, -0.05) is 26.8 Å². The van der Waals surface area contributed by atoms with Crippen LogP contribution in [0.25, 0.3) is 0 Å². The molecule has 1 aromatic heterocycles. The van der Waals surface area contributed by atoms with Gasteiger partial charge < -0.3 is 5.32 Å². The van der Waals surface area contributed by atoms with Crippen molar-refractivity contribution < 1.29 is 8.42 Å². The first kappa shape index (κ1) is 17.4. The summed E-state index contributed by atoms with van der Waals surface area (Å²) < 4.78 is 25.6. The summed E-state index contributed by atoms with van der Waals surface area (Å²) in [6.45, 7) is 6.11. The lowest BCUT2D eigenvalue weighted by Crippen LogP contribution is -2.22. The van der Waals surface area contributed by atoms with Crippen LogP contribution in [-0.4, -0.2) is 36.8 Å². The second-order valence-corrected chi connectivity index (χ2v) is 8.61.